The van der Waals surface area contributed by atoms with Gasteiger partial charge in [-0.25, -0.2) is 4.39 Å². The maximum Gasteiger partial charge on any atom is 0.200 e. The van der Waals surface area contributed by atoms with Gasteiger partial charge >= 0.3 is 0 Å². The first kappa shape index (κ1) is 10.9. The summed E-state index contributed by atoms with van der Waals surface area (Å²) in [5.74, 6) is -1.86. The number of benzene rings is 1. The summed E-state index contributed by atoms with van der Waals surface area (Å²) in [6.45, 7) is 0.937. The van der Waals surface area contributed by atoms with Crippen LogP contribution in [-0.2, 0) is 0 Å². The van der Waals surface area contributed by atoms with E-state index >= 15 is 0 Å². The third-order valence-corrected chi connectivity index (χ3v) is 1.77. The Balaban J connectivity index is 2.46. The van der Waals surface area contributed by atoms with Crippen molar-refractivity contribution in [2.75, 3.05) is 13.2 Å². The smallest absolute Gasteiger partial charge is 0.200 e. The Labute approximate surface area is 81.7 Å². The van der Waals surface area contributed by atoms with Crippen LogP contribution in [-0.4, -0.2) is 13.2 Å². The number of nitrogens with two attached hydrogens (primary N) is 1. The second-order valence-corrected chi connectivity index (χ2v) is 2.90. The molecule has 14 heavy (non-hydrogen) atoms. The van der Waals surface area contributed by atoms with Crippen LogP contribution in [0.3, 0.4) is 0 Å². The van der Waals surface area contributed by atoms with Crippen LogP contribution in [0.15, 0.2) is 18.2 Å². The quantitative estimate of drug-likeness (QED) is 0.740. The van der Waals surface area contributed by atoms with Crippen molar-refractivity contribution >= 4 is 0 Å². The van der Waals surface area contributed by atoms with E-state index in [4.69, 9.17) is 10.5 Å². The minimum atomic E-state index is -0.930. The highest BCUT2D eigenvalue weighted by molar-refractivity contribution is 5.24. The van der Waals surface area contributed by atoms with Crippen LogP contribution in [0.5, 0.6) is 5.75 Å². The van der Waals surface area contributed by atoms with E-state index in [1.165, 1.54) is 12.1 Å². The predicted octanol–water partition coefficient (Wildman–Crippen LogP) is 2.08. The molecule has 2 N–H and O–H groups in total. The number of ether oxygens (including phenoxy) is 1. The normalized spacial score (nSPS) is 10.2. The van der Waals surface area contributed by atoms with Gasteiger partial charge in [-0.05, 0) is 31.5 Å². The third kappa shape index (κ3) is 2.96. The lowest BCUT2D eigenvalue weighted by Gasteiger charge is -2.06. The van der Waals surface area contributed by atoms with Crippen molar-refractivity contribution in [2.24, 2.45) is 5.73 Å². The lowest BCUT2D eigenvalue weighted by atomic mass is 10.3. The molecule has 4 heteroatoms. The van der Waals surface area contributed by atoms with Crippen molar-refractivity contribution in [3.8, 4) is 5.75 Å². The molecule has 78 valence electrons. The minimum Gasteiger partial charge on any atom is -0.490 e. The fraction of sp³-hybridized carbons (Fsp3) is 0.400. The van der Waals surface area contributed by atoms with Gasteiger partial charge in [0.05, 0.1) is 6.61 Å². The molecular weight excluding hydrogens is 188 g/mol. The molecule has 0 unspecified atom stereocenters. The van der Waals surface area contributed by atoms with Gasteiger partial charge in [-0.3, -0.25) is 0 Å². The lowest BCUT2D eigenvalue weighted by Crippen LogP contribution is -2.04. The van der Waals surface area contributed by atoms with Gasteiger partial charge in [0.15, 0.2) is 11.6 Å². The van der Waals surface area contributed by atoms with E-state index in [2.05, 4.69) is 0 Å². The van der Waals surface area contributed by atoms with Gasteiger partial charge in [-0.2, -0.15) is 4.39 Å². The molecule has 0 aliphatic rings. The summed E-state index contributed by atoms with van der Waals surface area (Å²) in [4.78, 5) is 0. The second-order valence-electron chi connectivity index (χ2n) is 2.90. The highest BCUT2D eigenvalue weighted by atomic mass is 19.2. The van der Waals surface area contributed by atoms with E-state index < -0.39 is 11.6 Å². The van der Waals surface area contributed by atoms with Crippen molar-refractivity contribution in [3.63, 3.8) is 0 Å². The van der Waals surface area contributed by atoms with E-state index in [1.807, 2.05) is 0 Å². The summed E-state index contributed by atoms with van der Waals surface area (Å²) in [6, 6.07) is 3.87. The molecule has 1 aromatic rings. The molecule has 0 spiro atoms. The van der Waals surface area contributed by atoms with Crippen LogP contribution in [0.4, 0.5) is 8.78 Å². The number of unbranched alkanes of at least 4 members (excludes halogenated alkanes) is 1. The summed E-state index contributed by atoms with van der Waals surface area (Å²) in [7, 11) is 0. The Hall–Kier alpha value is -1.16. The van der Waals surface area contributed by atoms with Crippen LogP contribution in [0.2, 0.25) is 0 Å². The van der Waals surface area contributed by atoms with Gasteiger partial charge < -0.3 is 10.5 Å². The molecule has 0 aliphatic heterocycles. The maximum atomic E-state index is 13.0. The fourth-order valence-corrected chi connectivity index (χ4v) is 1.02. The van der Waals surface area contributed by atoms with Gasteiger partial charge in [0.2, 0.25) is 5.82 Å². The van der Waals surface area contributed by atoms with Crippen molar-refractivity contribution in [1.29, 1.82) is 0 Å². The summed E-state index contributed by atoms with van der Waals surface area (Å²) in [5, 5.41) is 0. The van der Waals surface area contributed by atoms with E-state index in [0.717, 1.165) is 18.9 Å². The average molecular weight is 201 g/mol. The molecule has 0 saturated heterocycles. The molecule has 0 bridgehead atoms. The summed E-state index contributed by atoms with van der Waals surface area (Å²) in [5.41, 5.74) is 5.27. The molecule has 0 aliphatic carbocycles. The maximum absolute atomic E-state index is 13.0. The van der Waals surface area contributed by atoms with E-state index in [1.54, 1.807) is 0 Å². The third-order valence-electron chi connectivity index (χ3n) is 1.77. The second kappa shape index (κ2) is 5.54. The number of halogens is 2. The van der Waals surface area contributed by atoms with E-state index in [0.29, 0.717) is 13.2 Å². The predicted molar refractivity (Wildman–Crippen MR) is 50.1 cm³/mol. The number of rotatable bonds is 5. The Morgan fingerprint density at radius 1 is 1.21 bits per heavy atom. The van der Waals surface area contributed by atoms with E-state index in [-0.39, 0.29) is 5.75 Å². The first-order valence-electron chi connectivity index (χ1n) is 4.52. The molecule has 0 saturated carbocycles. The molecule has 0 amide bonds. The van der Waals surface area contributed by atoms with Crippen LogP contribution in [0.1, 0.15) is 12.8 Å². The molecule has 0 atom stereocenters. The zero-order chi connectivity index (χ0) is 10.4. The fourth-order valence-electron chi connectivity index (χ4n) is 1.02. The Morgan fingerprint density at radius 2 is 2.00 bits per heavy atom. The molecule has 2 nitrogen and oxygen atoms in total. The Kier molecular flexibility index (Phi) is 4.32. The molecule has 1 rings (SSSR count). The minimum absolute atomic E-state index is 0.0398. The molecule has 0 aromatic heterocycles. The number of hydrogen-bond acceptors (Lipinski definition) is 2. The van der Waals surface area contributed by atoms with Gasteiger partial charge in [0.1, 0.15) is 0 Å². The Morgan fingerprint density at radius 3 is 2.71 bits per heavy atom. The molecular formula is C10H13F2NO. The largest absolute Gasteiger partial charge is 0.490 e. The summed E-state index contributed by atoms with van der Waals surface area (Å²) in [6.07, 6.45) is 1.56. The van der Waals surface area contributed by atoms with Crippen molar-refractivity contribution < 1.29 is 13.5 Å². The van der Waals surface area contributed by atoms with Crippen LogP contribution in [0.25, 0.3) is 0 Å². The van der Waals surface area contributed by atoms with Crippen LogP contribution in [0, 0.1) is 11.6 Å². The van der Waals surface area contributed by atoms with E-state index in [9.17, 15) is 8.78 Å². The SMILES string of the molecule is NCCCCOc1cccc(F)c1F. The molecule has 1 aromatic carbocycles. The first-order chi connectivity index (χ1) is 6.75. The summed E-state index contributed by atoms with van der Waals surface area (Å²) < 4.78 is 30.7. The van der Waals surface area contributed by atoms with Gasteiger partial charge in [0.25, 0.3) is 0 Å². The summed E-state index contributed by atoms with van der Waals surface area (Å²) >= 11 is 0. The monoisotopic (exact) mass is 201 g/mol. The van der Waals surface area contributed by atoms with Gasteiger partial charge in [-0.1, -0.05) is 6.07 Å². The number of hydrogen-bond donors (Lipinski definition) is 1. The Bertz CT molecular complexity index is 291. The zero-order valence-corrected chi connectivity index (χ0v) is 7.80. The van der Waals surface area contributed by atoms with Crippen molar-refractivity contribution in [1.82, 2.24) is 0 Å². The topological polar surface area (TPSA) is 35.2 Å². The first-order valence-corrected chi connectivity index (χ1v) is 4.52. The van der Waals surface area contributed by atoms with Gasteiger partial charge in [0, 0.05) is 0 Å². The highest BCUT2D eigenvalue weighted by Crippen LogP contribution is 2.19. The molecule has 0 heterocycles. The molecule has 0 radical (unpaired) electrons. The van der Waals surface area contributed by atoms with Crippen molar-refractivity contribution in [2.45, 2.75) is 12.8 Å². The van der Waals surface area contributed by atoms with Crippen molar-refractivity contribution in [3.05, 3.63) is 29.8 Å². The average Bonchev–Trinajstić information content (AvgIpc) is 2.19. The standard InChI is InChI=1S/C10H13F2NO/c11-8-4-3-5-9(10(8)12)14-7-2-1-6-13/h3-5H,1-2,6-7,13H2. The molecule has 0 fully saturated rings. The van der Waals surface area contributed by atoms with Gasteiger partial charge in [-0.15, -0.1) is 0 Å². The highest BCUT2D eigenvalue weighted by Gasteiger charge is 2.07. The lowest BCUT2D eigenvalue weighted by molar-refractivity contribution is 0.287. The van der Waals surface area contributed by atoms with Crippen LogP contribution >= 0.6 is 0 Å². The zero-order valence-electron chi connectivity index (χ0n) is 7.80. The van der Waals surface area contributed by atoms with Crippen LogP contribution < -0.4 is 10.5 Å².